The van der Waals surface area contributed by atoms with Crippen LogP contribution in [0.5, 0.6) is 0 Å². The highest BCUT2D eigenvalue weighted by Gasteiger charge is 2.10. The van der Waals surface area contributed by atoms with E-state index in [1.807, 2.05) is 0 Å². The molecule has 0 saturated carbocycles. The van der Waals surface area contributed by atoms with Gasteiger partial charge in [0.1, 0.15) is 0 Å². The zero-order valence-electron chi connectivity index (χ0n) is 9.46. The van der Waals surface area contributed by atoms with Gasteiger partial charge in [-0.1, -0.05) is 0 Å². The highest BCUT2D eigenvalue weighted by atomic mass is 16.4. The van der Waals surface area contributed by atoms with Crippen LogP contribution in [0.1, 0.15) is 25.7 Å². The second kappa shape index (κ2) is 8.51. The van der Waals surface area contributed by atoms with Gasteiger partial charge in [0.05, 0.1) is 6.54 Å². The van der Waals surface area contributed by atoms with Crippen LogP contribution in [0, 0.1) is 0 Å². The van der Waals surface area contributed by atoms with Crippen molar-refractivity contribution in [1.82, 2.24) is 4.90 Å². The van der Waals surface area contributed by atoms with Crippen molar-refractivity contribution in [1.29, 1.82) is 0 Å². The van der Waals surface area contributed by atoms with Crippen molar-refractivity contribution in [2.24, 2.45) is 0 Å². The molecule has 17 heavy (non-hydrogen) atoms. The number of carboxylic acids is 3. The Hall–Kier alpha value is -1.63. The molecule has 0 rings (SSSR count). The number of hydrogen-bond donors (Lipinski definition) is 3. The minimum absolute atomic E-state index is 0.0188. The molecule has 0 atom stereocenters. The molecule has 98 valence electrons. The molecule has 0 unspecified atom stereocenters. The minimum Gasteiger partial charge on any atom is -0.481 e. The van der Waals surface area contributed by atoms with E-state index in [1.54, 1.807) is 4.90 Å². The van der Waals surface area contributed by atoms with E-state index in [1.165, 1.54) is 0 Å². The highest BCUT2D eigenvalue weighted by molar-refractivity contribution is 5.69. The number of hydrogen-bond acceptors (Lipinski definition) is 4. The fourth-order valence-corrected chi connectivity index (χ4v) is 1.37. The molecule has 0 aliphatic rings. The first-order valence-corrected chi connectivity index (χ1v) is 5.29. The van der Waals surface area contributed by atoms with Crippen LogP contribution in [-0.2, 0) is 14.4 Å². The molecule has 0 saturated heterocycles. The van der Waals surface area contributed by atoms with Crippen LogP contribution < -0.4 is 0 Å². The molecule has 0 aliphatic heterocycles. The highest BCUT2D eigenvalue weighted by Crippen LogP contribution is 1.99. The van der Waals surface area contributed by atoms with Gasteiger partial charge in [-0.05, 0) is 25.9 Å². The molecule has 0 amide bonds. The van der Waals surface area contributed by atoms with Gasteiger partial charge in [0, 0.05) is 12.8 Å². The molecule has 0 bridgehead atoms. The average Bonchev–Trinajstić information content (AvgIpc) is 2.15. The second-order valence-corrected chi connectivity index (χ2v) is 3.66. The lowest BCUT2D eigenvalue weighted by Crippen LogP contribution is -2.32. The first-order valence-electron chi connectivity index (χ1n) is 5.29. The SMILES string of the molecule is O=C(O)CCCN(CCCC(=O)O)CC(=O)O. The smallest absolute Gasteiger partial charge is 0.317 e. The summed E-state index contributed by atoms with van der Waals surface area (Å²) in [5, 5.41) is 25.5. The maximum atomic E-state index is 10.5. The molecule has 0 aromatic heterocycles. The lowest BCUT2D eigenvalue weighted by Gasteiger charge is -2.19. The predicted octanol–water partition coefficient (Wildman–Crippen LogP) is 0.103. The van der Waals surface area contributed by atoms with Gasteiger partial charge in [0.2, 0.25) is 0 Å². The summed E-state index contributed by atoms with van der Waals surface area (Å²) in [7, 11) is 0. The summed E-state index contributed by atoms with van der Waals surface area (Å²) in [6.45, 7) is 0.496. The number of aliphatic carboxylic acids is 3. The predicted molar refractivity (Wildman–Crippen MR) is 57.8 cm³/mol. The van der Waals surface area contributed by atoms with Gasteiger partial charge in [-0.2, -0.15) is 0 Å². The van der Waals surface area contributed by atoms with Crippen LogP contribution >= 0.6 is 0 Å². The third-order valence-electron chi connectivity index (χ3n) is 2.09. The van der Waals surface area contributed by atoms with E-state index in [9.17, 15) is 14.4 Å². The normalized spacial score (nSPS) is 10.4. The quantitative estimate of drug-likeness (QED) is 0.501. The van der Waals surface area contributed by atoms with Gasteiger partial charge in [-0.15, -0.1) is 0 Å². The van der Waals surface area contributed by atoms with Crippen molar-refractivity contribution in [3.8, 4) is 0 Å². The lowest BCUT2D eigenvalue weighted by atomic mass is 10.2. The fourth-order valence-electron chi connectivity index (χ4n) is 1.37. The van der Waals surface area contributed by atoms with Gasteiger partial charge in [-0.3, -0.25) is 19.3 Å². The summed E-state index contributed by atoms with van der Waals surface area (Å²) in [5.74, 6) is -2.85. The standard InChI is InChI=1S/C10H17NO6/c12-8(13)3-1-5-11(7-10(16)17)6-2-4-9(14)15/h1-7H2,(H,12,13)(H,14,15)(H,16,17). The maximum Gasteiger partial charge on any atom is 0.317 e. The van der Waals surface area contributed by atoms with Gasteiger partial charge >= 0.3 is 17.9 Å². The molecule has 7 nitrogen and oxygen atoms in total. The van der Waals surface area contributed by atoms with Crippen molar-refractivity contribution < 1.29 is 29.7 Å². The third-order valence-corrected chi connectivity index (χ3v) is 2.09. The summed E-state index contributed by atoms with van der Waals surface area (Å²) < 4.78 is 0. The van der Waals surface area contributed by atoms with Crippen LogP contribution in [0.4, 0.5) is 0 Å². The molecule has 0 aromatic rings. The molecular formula is C10H17NO6. The number of rotatable bonds is 10. The Kier molecular flexibility index (Phi) is 7.70. The molecule has 0 aromatic carbocycles. The Morgan fingerprint density at radius 3 is 1.47 bits per heavy atom. The first kappa shape index (κ1) is 15.4. The van der Waals surface area contributed by atoms with E-state index in [0.29, 0.717) is 25.9 Å². The van der Waals surface area contributed by atoms with Crippen molar-refractivity contribution in [3.05, 3.63) is 0 Å². The monoisotopic (exact) mass is 247 g/mol. The molecule has 3 N–H and O–H groups in total. The first-order chi connectivity index (χ1) is 7.91. The molecular weight excluding hydrogens is 230 g/mol. The second-order valence-electron chi connectivity index (χ2n) is 3.66. The Morgan fingerprint density at radius 2 is 1.18 bits per heavy atom. The van der Waals surface area contributed by atoms with E-state index in [2.05, 4.69) is 0 Å². The van der Waals surface area contributed by atoms with Crippen LogP contribution in [0.2, 0.25) is 0 Å². The topological polar surface area (TPSA) is 115 Å². The number of nitrogens with zero attached hydrogens (tertiary/aromatic N) is 1. The summed E-state index contributed by atoms with van der Waals surface area (Å²) in [4.78, 5) is 32.7. The lowest BCUT2D eigenvalue weighted by molar-refractivity contribution is -0.138. The van der Waals surface area contributed by atoms with Crippen molar-refractivity contribution in [2.75, 3.05) is 19.6 Å². The van der Waals surface area contributed by atoms with Crippen molar-refractivity contribution in [3.63, 3.8) is 0 Å². The van der Waals surface area contributed by atoms with Crippen molar-refractivity contribution >= 4 is 17.9 Å². The molecule has 0 radical (unpaired) electrons. The summed E-state index contributed by atoms with van der Waals surface area (Å²) in [5.41, 5.74) is 0. The van der Waals surface area contributed by atoms with E-state index in [-0.39, 0.29) is 19.4 Å². The fraction of sp³-hybridized carbons (Fsp3) is 0.700. The van der Waals surface area contributed by atoms with E-state index in [0.717, 1.165) is 0 Å². The third kappa shape index (κ3) is 10.6. The van der Waals surface area contributed by atoms with E-state index >= 15 is 0 Å². The molecule has 0 spiro atoms. The molecule has 7 heteroatoms. The largest absolute Gasteiger partial charge is 0.481 e. The van der Waals surface area contributed by atoms with Crippen LogP contribution in [0.3, 0.4) is 0 Å². The van der Waals surface area contributed by atoms with Gasteiger partial charge in [0.15, 0.2) is 0 Å². The van der Waals surface area contributed by atoms with E-state index in [4.69, 9.17) is 15.3 Å². The van der Waals surface area contributed by atoms with Crippen LogP contribution in [-0.4, -0.2) is 57.8 Å². The van der Waals surface area contributed by atoms with Gasteiger partial charge in [0.25, 0.3) is 0 Å². The Morgan fingerprint density at radius 1 is 0.765 bits per heavy atom. The maximum absolute atomic E-state index is 10.5. The summed E-state index contributed by atoms with van der Waals surface area (Å²) in [6, 6.07) is 0. The zero-order chi connectivity index (χ0) is 13.3. The number of carboxylic acid groups (broad SMARTS) is 3. The Bertz CT molecular complexity index is 258. The van der Waals surface area contributed by atoms with Gasteiger partial charge in [-0.25, -0.2) is 0 Å². The molecule has 0 heterocycles. The summed E-state index contributed by atoms with van der Waals surface area (Å²) in [6.07, 6.45) is 0.676. The van der Waals surface area contributed by atoms with Gasteiger partial charge < -0.3 is 15.3 Å². The van der Waals surface area contributed by atoms with Crippen LogP contribution in [0.15, 0.2) is 0 Å². The summed E-state index contributed by atoms with van der Waals surface area (Å²) >= 11 is 0. The van der Waals surface area contributed by atoms with Crippen molar-refractivity contribution in [2.45, 2.75) is 25.7 Å². The Labute approximate surface area is 98.7 Å². The number of carbonyl (C=O) groups is 3. The van der Waals surface area contributed by atoms with Crippen LogP contribution in [0.25, 0.3) is 0 Å². The molecule has 0 fully saturated rings. The van der Waals surface area contributed by atoms with E-state index < -0.39 is 17.9 Å². The molecule has 0 aliphatic carbocycles. The zero-order valence-corrected chi connectivity index (χ0v) is 9.46. The average molecular weight is 247 g/mol. The minimum atomic E-state index is -1.00. The Balaban J connectivity index is 3.91.